The van der Waals surface area contributed by atoms with Gasteiger partial charge in [0.05, 0.1) is 17.7 Å². The molecule has 22 heavy (non-hydrogen) atoms. The molecule has 0 radical (unpaired) electrons. The molecule has 0 saturated carbocycles. The topological polar surface area (TPSA) is 93.2 Å². The van der Waals surface area contributed by atoms with Crippen molar-refractivity contribution in [3.8, 4) is 0 Å². The zero-order valence-corrected chi connectivity index (χ0v) is 13.7. The van der Waals surface area contributed by atoms with E-state index in [-0.39, 0.29) is 18.0 Å². The zero-order chi connectivity index (χ0) is 16.5. The molecule has 0 aromatic carbocycles. The average Bonchev–Trinajstić information content (AvgIpc) is 2.81. The highest BCUT2D eigenvalue weighted by Crippen LogP contribution is 2.30. The Kier molecular flexibility index (Phi) is 4.44. The number of nitrogens with one attached hydrogen (secondary N) is 1. The van der Waals surface area contributed by atoms with Crippen molar-refractivity contribution < 1.29 is 9.59 Å². The van der Waals surface area contributed by atoms with Crippen LogP contribution < -0.4 is 11.1 Å². The molecule has 1 aliphatic heterocycles. The van der Waals surface area contributed by atoms with E-state index in [4.69, 9.17) is 5.73 Å². The standard InChI is InChI=1S/C15H25N5O2/c1-10(2)7-11(3)20-12(5-6-17-20)18-14(22)19-8-15(4,9-19)13(16)21/h5-6,10-11H,7-9H2,1-4H3,(H2,16,21)(H,18,22). The lowest BCUT2D eigenvalue weighted by atomic mass is 9.81. The van der Waals surface area contributed by atoms with Gasteiger partial charge in [-0.05, 0) is 26.2 Å². The molecule has 0 spiro atoms. The summed E-state index contributed by atoms with van der Waals surface area (Å²) >= 11 is 0. The van der Waals surface area contributed by atoms with Crippen molar-refractivity contribution in [1.82, 2.24) is 14.7 Å². The van der Waals surface area contributed by atoms with Gasteiger partial charge in [-0.3, -0.25) is 10.1 Å². The lowest BCUT2D eigenvalue weighted by molar-refractivity contribution is -0.133. The molecular weight excluding hydrogens is 282 g/mol. The summed E-state index contributed by atoms with van der Waals surface area (Å²) in [4.78, 5) is 25.1. The number of anilines is 1. The van der Waals surface area contributed by atoms with Gasteiger partial charge >= 0.3 is 6.03 Å². The van der Waals surface area contributed by atoms with E-state index in [0.717, 1.165) is 6.42 Å². The van der Waals surface area contributed by atoms with Gasteiger partial charge < -0.3 is 10.6 Å². The quantitative estimate of drug-likeness (QED) is 0.869. The third-order valence-electron chi connectivity index (χ3n) is 4.10. The molecule has 3 amide bonds. The molecule has 0 bridgehead atoms. The Morgan fingerprint density at radius 1 is 1.41 bits per heavy atom. The minimum atomic E-state index is -0.609. The number of urea groups is 1. The number of nitrogens with two attached hydrogens (primary N) is 1. The molecule has 3 N–H and O–H groups in total. The second kappa shape index (κ2) is 5.98. The molecule has 1 fully saturated rings. The van der Waals surface area contributed by atoms with Crippen LogP contribution in [0, 0.1) is 11.3 Å². The third-order valence-corrected chi connectivity index (χ3v) is 4.10. The fraction of sp³-hybridized carbons (Fsp3) is 0.667. The predicted octanol–water partition coefficient (Wildman–Crippen LogP) is 1.83. The number of carbonyl (C=O) groups is 2. The molecule has 2 heterocycles. The molecule has 0 aliphatic carbocycles. The maximum Gasteiger partial charge on any atom is 0.323 e. The highest BCUT2D eigenvalue weighted by atomic mass is 16.2. The predicted molar refractivity (Wildman–Crippen MR) is 84.3 cm³/mol. The minimum absolute atomic E-state index is 0.206. The van der Waals surface area contributed by atoms with Crippen molar-refractivity contribution in [3.63, 3.8) is 0 Å². The van der Waals surface area contributed by atoms with Gasteiger partial charge in [-0.1, -0.05) is 13.8 Å². The van der Waals surface area contributed by atoms with Crippen molar-refractivity contribution >= 4 is 17.8 Å². The Morgan fingerprint density at radius 3 is 2.59 bits per heavy atom. The average molecular weight is 307 g/mol. The summed E-state index contributed by atoms with van der Waals surface area (Å²) in [5, 5.41) is 7.15. The van der Waals surface area contributed by atoms with Gasteiger partial charge in [0.15, 0.2) is 0 Å². The number of hydrogen-bond acceptors (Lipinski definition) is 3. The van der Waals surface area contributed by atoms with Crippen molar-refractivity contribution in [2.75, 3.05) is 18.4 Å². The fourth-order valence-corrected chi connectivity index (χ4v) is 2.83. The number of nitrogens with zero attached hydrogens (tertiary/aromatic N) is 3. The molecule has 122 valence electrons. The van der Waals surface area contributed by atoms with Crippen LogP contribution in [-0.2, 0) is 4.79 Å². The number of likely N-dealkylation sites (tertiary alicyclic amines) is 1. The summed E-state index contributed by atoms with van der Waals surface area (Å²) in [6, 6.07) is 1.76. The zero-order valence-electron chi connectivity index (χ0n) is 13.7. The van der Waals surface area contributed by atoms with E-state index in [1.54, 1.807) is 24.1 Å². The first-order valence-electron chi connectivity index (χ1n) is 7.62. The smallest absolute Gasteiger partial charge is 0.323 e. The maximum atomic E-state index is 12.2. The van der Waals surface area contributed by atoms with Crippen LogP contribution in [0.5, 0.6) is 0 Å². The largest absolute Gasteiger partial charge is 0.369 e. The molecule has 2 rings (SSSR count). The van der Waals surface area contributed by atoms with Crippen molar-refractivity contribution in [2.24, 2.45) is 17.1 Å². The van der Waals surface area contributed by atoms with E-state index >= 15 is 0 Å². The van der Waals surface area contributed by atoms with Crippen LogP contribution in [0.25, 0.3) is 0 Å². The lowest BCUT2D eigenvalue weighted by Crippen LogP contribution is -2.63. The van der Waals surface area contributed by atoms with Crippen molar-refractivity contribution in [2.45, 2.75) is 40.2 Å². The highest BCUT2D eigenvalue weighted by Gasteiger charge is 2.46. The van der Waals surface area contributed by atoms with Gasteiger partial charge in [-0.25, -0.2) is 9.48 Å². The summed E-state index contributed by atoms with van der Waals surface area (Å²) in [5.41, 5.74) is 4.72. The Labute approximate surface area is 130 Å². The van der Waals surface area contributed by atoms with E-state index in [0.29, 0.717) is 24.8 Å². The Morgan fingerprint density at radius 2 is 2.05 bits per heavy atom. The van der Waals surface area contributed by atoms with Crippen LogP contribution in [0.15, 0.2) is 12.3 Å². The number of rotatable bonds is 5. The third kappa shape index (κ3) is 3.23. The van der Waals surface area contributed by atoms with Gasteiger partial charge in [0.1, 0.15) is 5.82 Å². The summed E-state index contributed by atoms with van der Waals surface area (Å²) < 4.78 is 1.82. The second-order valence-electron chi connectivity index (χ2n) is 6.85. The molecule has 1 aromatic rings. The molecule has 1 atom stereocenters. The molecule has 1 saturated heterocycles. The summed E-state index contributed by atoms with van der Waals surface area (Å²) in [5.74, 6) is 0.854. The van der Waals surface area contributed by atoms with Crippen LogP contribution in [0.4, 0.5) is 10.6 Å². The van der Waals surface area contributed by atoms with Crippen molar-refractivity contribution in [1.29, 1.82) is 0 Å². The highest BCUT2D eigenvalue weighted by molar-refractivity contribution is 5.92. The van der Waals surface area contributed by atoms with Crippen LogP contribution >= 0.6 is 0 Å². The van der Waals surface area contributed by atoms with Gasteiger partial charge in [0, 0.05) is 19.2 Å². The van der Waals surface area contributed by atoms with E-state index in [1.807, 2.05) is 4.68 Å². The van der Waals surface area contributed by atoms with Crippen molar-refractivity contribution in [3.05, 3.63) is 12.3 Å². The number of primary amides is 1. The number of amides is 3. The van der Waals surface area contributed by atoms with Crippen LogP contribution in [0.3, 0.4) is 0 Å². The lowest BCUT2D eigenvalue weighted by Gasteiger charge is -2.45. The van der Waals surface area contributed by atoms with E-state index < -0.39 is 5.41 Å². The molecule has 1 aromatic heterocycles. The van der Waals surface area contributed by atoms with Crippen LogP contribution in [0.2, 0.25) is 0 Å². The summed E-state index contributed by atoms with van der Waals surface area (Å²) in [7, 11) is 0. The normalized spacial score (nSPS) is 18.0. The molecule has 1 aliphatic rings. The number of aromatic nitrogens is 2. The maximum absolute atomic E-state index is 12.2. The van der Waals surface area contributed by atoms with Gasteiger partial charge in [0.25, 0.3) is 0 Å². The molecule has 1 unspecified atom stereocenters. The first-order chi connectivity index (χ1) is 10.2. The summed E-state index contributed by atoms with van der Waals surface area (Å²) in [6.45, 7) is 8.87. The Bertz CT molecular complexity index is 560. The minimum Gasteiger partial charge on any atom is -0.369 e. The Balaban J connectivity index is 1.97. The SMILES string of the molecule is CC(C)CC(C)n1nccc1NC(=O)N1CC(C)(C(N)=O)C1. The van der Waals surface area contributed by atoms with E-state index in [2.05, 4.69) is 31.2 Å². The summed E-state index contributed by atoms with van der Waals surface area (Å²) in [6.07, 6.45) is 2.66. The first-order valence-corrected chi connectivity index (χ1v) is 7.62. The number of hydrogen-bond donors (Lipinski definition) is 2. The van der Waals surface area contributed by atoms with E-state index in [9.17, 15) is 9.59 Å². The fourth-order valence-electron chi connectivity index (χ4n) is 2.83. The van der Waals surface area contributed by atoms with Crippen LogP contribution in [-0.4, -0.2) is 39.7 Å². The van der Waals surface area contributed by atoms with Gasteiger partial charge in [-0.15, -0.1) is 0 Å². The van der Waals surface area contributed by atoms with Gasteiger partial charge in [0.2, 0.25) is 5.91 Å². The van der Waals surface area contributed by atoms with Crippen LogP contribution in [0.1, 0.15) is 40.2 Å². The molecule has 7 nitrogen and oxygen atoms in total. The molecule has 7 heteroatoms. The monoisotopic (exact) mass is 307 g/mol. The number of carbonyl (C=O) groups excluding carboxylic acids is 2. The second-order valence-corrected chi connectivity index (χ2v) is 6.85. The Hall–Kier alpha value is -2.05. The first kappa shape index (κ1) is 16.3. The van der Waals surface area contributed by atoms with E-state index in [1.165, 1.54) is 0 Å². The molecular formula is C15H25N5O2. The van der Waals surface area contributed by atoms with Gasteiger partial charge in [-0.2, -0.15) is 5.10 Å².